The van der Waals surface area contributed by atoms with E-state index in [1.807, 2.05) is 0 Å². The Balaban J connectivity index is 1.83. The van der Waals surface area contributed by atoms with E-state index in [1.165, 1.54) is 64.6 Å². The third-order valence-corrected chi connectivity index (χ3v) is 5.46. The molecule has 2 atom stereocenters. The van der Waals surface area contributed by atoms with Crippen LogP contribution >= 0.6 is 0 Å². The third kappa shape index (κ3) is 4.46. The molecule has 2 fully saturated rings. The average Bonchev–Trinajstić information content (AvgIpc) is 2.41. The molecule has 0 bridgehead atoms. The highest BCUT2D eigenvalue weighted by molar-refractivity contribution is 4.91. The van der Waals surface area contributed by atoms with Gasteiger partial charge < -0.3 is 10.2 Å². The summed E-state index contributed by atoms with van der Waals surface area (Å²) in [6.45, 7) is 13.5. The molecular weight excluding hydrogens is 244 g/mol. The van der Waals surface area contributed by atoms with Crippen LogP contribution in [0.5, 0.6) is 0 Å². The second-order valence-electron chi connectivity index (χ2n) is 8.15. The predicted molar refractivity (Wildman–Crippen MR) is 88.1 cm³/mol. The van der Waals surface area contributed by atoms with E-state index < -0.39 is 0 Å². The van der Waals surface area contributed by atoms with E-state index in [2.05, 4.69) is 37.9 Å². The number of piperidine rings is 1. The van der Waals surface area contributed by atoms with Crippen LogP contribution in [0.15, 0.2) is 0 Å². The van der Waals surface area contributed by atoms with Crippen LogP contribution in [0.25, 0.3) is 0 Å². The number of nitrogens with one attached hydrogen (secondary N) is 1. The normalized spacial score (nSPS) is 30.6. The van der Waals surface area contributed by atoms with Gasteiger partial charge in [0.2, 0.25) is 0 Å². The van der Waals surface area contributed by atoms with Crippen LogP contribution in [0.4, 0.5) is 0 Å². The van der Waals surface area contributed by atoms with Gasteiger partial charge >= 0.3 is 0 Å². The van der Waals surface area contributed by atoms with Crippen molar-refractivity contribution in [3.63, 3.8) is 0 Å². The summed E-state index contributed by atoms with van der Waals surface area (Å²) in [5.41, 5.74) is 0.459. The van der Waals surface area contributed by atoms with E-state index in [9.17, 15) is 0 Å². The van der Waals surface area contributed by atoms with Gasteiger partial charge in [-0.1, -0.05) is 40.5 Å². The maximum atomic E-state index is 4.05. The van der Waals surface area contributed by atoms with Crippen LogP contribution in [0, 0.1) is 11.3 Å². The molecule has 0 amide bonds. The molecule has 118 valence electrons. The number of likely N-dealkylation sites (tertiary alicyclic amines) is 1. The topological polar surface area (TPSA) is 15.3 Å². The maximum Gasteiger partial charge on any atom is 0.0103 e. The summed E-state index contributed by atoms with van der Waals surface area (Å²) in [6, 6.07) is 1.54. The number of hydrogen-bond donors (Lipinski definition) is 1. The van der Waals surface area contributed by atoms with Gasteiger partial charge in [0.1, 0.15) is 0 Å². The predicted octanol–water partition coefficient (Wildman–Crippen LogP) is 4.06. The van der Waals surface area contributed by atoms with Crippen LogP contribution < -0.4 is 5.32 Å². The van der Waals surface area contributed by atoms with E-state index in [4.69, 9.17) is 0 Å². The van der Waals surface area contributed by atoms with Gasteiger partial charge in [0.25, 0.3) is 0 Å². The highest BCUT2D eigenvalue weighted by Gasteiger charge is 2.35. The Bertz CT molecular complexity index is 274. The summed E-state index contributed by atoms with van der Waals surface area (Å²) in [7, 11) is 0. The molecular formula is C18H36N2. The van der Waals surface area contributed by atoms with Crippen LogP contribution in [-0.2, 0) is 0 Å². The average molecular weight is 280 g/mol. The van der Waals surface area contributed by atoms with Gasteiger partial charge in [0, 0.05) is 12.1 Å². The Kier molecular flexibility index (Phi) is 5.92. The molecule has 1 aliphatic heterocycles. The van der Waals surface area contributed by atoms with Crippen molar-refractivity contribution in [1.29, 1.82) is 0 Å². The van der Waals surface area contributed by atoms with Gasteiger partial charge in [0.05, 0.1) is 0 Å². The minimum absolute atomic E-state index is 0.459. The Labute approximate surface area is 126 Å². The standard InChI is InChI=1S/C18H36N2/c1-5-12-20-13-10-15(11-14-20)19-17-9-7-6-8-16(17)18(2,3)4/h15-17,19H,5-14H2,1-4H3. The van der Waals surface area contributed by atoms with Crippen molar-refractivity contribution in [2.24, 2.45) is 11.3 Å². The van der Waals surface area contributed by atoms with Crippen LogP contribution in [0.2, 0.25) is 0 Å². The summed E-state index contributed by atoms with van der Waals surface area (Å²) < 4.78 is 0. The first-order chi connectivity index (χ1) is 9.50. The second kappa shape index (κ2) is 7.26. The van der Waals surface area contributed by atoms with E-state index in [-0.39, 0.29) is 0 Å². The second-order valence-corrected chi connectivity index (χ2v) is 8.15. The molecule has 2 rings (SSSR count). The SMILES string of the molecule is CCCN1CCC(NC2CCCCC2C(C)(C)C)CC1. The van der Waals surface area contributed by atoms with Crippen molar-refractivity contribution in [3.8, 4) is 0 Å². The van der Waals surface area contributed by atoms with Gasteiger partial charge in [-0.05, 0) is 63.1 Å². The van der Waals surface area contributed by atoms with Crippen LogP contribution in [0.1, 0.15) is 72.6 Å². The van der Waals surface area contributed by atoms with Crippen molar-refractivity contribution in [3.05, 3.63) is 0 Å². The Morgan fingerprint density at radius 1 is 1.00 bits per heavy atom. The Hall–Kier alpha value is -0.0800. The van der Waals surface area contributed by atoms with E-state index in [0.29, 0.717) is 5.41 Å². The lowest BCUT2D eigenvalue weighted by Gasteiger charge is -2.43. The maximum absolute atomic E-state index is 4.05. The summed E-state index contributed by atoms with van der Waals surface area (Å²) in [5, 5.41) is 4.05. The summed E-state index contributed by atoms with van der Waals surface area (Å²) in [6.07, 6.45) is 9.70. The molecule has 0 radical (unpaired) electrons. The first-order valence-electron chi connectivity index (χ1n) is 8.99. The molecule has 1 saturated carbocycles. The van der Waals surface area contributed by atoms with E-state index in [0.717, 1.165) is 18.0 Å². The van der Waals surface area contributed by atoms with E-state index in [1.54, 1.807) is 0 Å². The first kappa shape index (κ1) is 16.3. The largest absolute Gasteiger partial charge is 0.311 e. The first-order valence-corrected chi connectivity index (χ1v) is 8.99. The van der Waals surface area contributed by atoms with Gasteiger partial charge in [-0.2, -0.15) is 0 Å². The van der Waals surface area contributed by atoms with Gasteiger partial charge in [-0.3, -0.25) is 0 Å². The van der Waals surface area contributed by atoms with Crippen molar-refractivity contribution < 1.29 is 0 Å². The minimum Gasteiger partial charge on any atom is -0.311 e. The lowest BCUT2D eigenvalue weighted by atomic mass is 9.69. The van der Waals surface area contributed by atoms with Crippen LogP contribution in [-0.4, -0.2) is 36.6 Å². The molecule has 2 heteroatoms. The zero-order valence-electron chi connectivity index (χ0n) is 14.3. The smallest absolute Gasteiger partial charge is 0.0103 e. The van der Waals surface area contributed by atoms with Crippen molar-refractivity contribution in [2.75, 3.05) is 19.6 Å². The molecule has 0 aromatic carbocycles. The number of hydrogen-bond acceptors (Lipinski definition) is 2. The highest BCUT2D eigenvalue weighted by atomic mass is 15.1. The Morgan fingerprint density at radius 2 is 1.65 bits per heavy atom. The molecule has 2 aliphatic rings. The zero-order valence-corrected chi connectivity index (χ0v) is 14.3. The van der Waals surface area contributed by atoms with Crippen molar-refractivity contribution in [1.82, 2.24) is 10.2 Å². The molecule has 1 heterocycles. The molecule has 20 heavy (non-hydrogen) atoms. The zero-order chi connectivity index (χ0) is 14.6. The molecule has 1 aliphatic carbocycles. The van der Waals surface area contributed by atoms with E-state index >= 15 is 0 Å². The molecule has 2 unspecified atom stereocenters. The summed E-state index contributed by atoms with van der Waals surface area (Å²) in [5.74, 6) is 0.866. The molecule has 0 spiro atoms. The van der Waals surface area contributed by atoms with Crippen molar-refractivity contribution >= 4 is 0 Å². The van der Waals surface area contributed by atoms with Crippen molar-refractivity contribution in [2.45, 2.75) is 84.7 Å². The lowest BCUT2D eigenvalue weighted by molar-refractivity contribution is 0.108. The fourth-order valence-corrected chi connectivity index (χ4v) is 4.31. The Morgan fingerprint density at radius 3 is 2.25 bits per heavy atom. The quantitative estimate of drug-likeness (QED) is 0.835. The molecule has 2 nitrogen and oxygen atoms in total. The third-order valence-electron chi connectivity index (χ3n) is 5.46. The lowest BCUT2D eigenvalue weighted by Crippen LogP contribution is -2.51. The highest BCUT2D eigenvalue weighted by Crippen LogP contribution is 2.38. The number of rotatable bonds is 4. The number of nitrogens with zero attached hydrogens (tertiary/aromatic N) is 1. The fraction of sp³-hybridized carbons (Fsp3) is 1.00. The van der Waals surface area contributed by atoms with Gasteiger partial charge in [-0.25, -0.2) is 0 Å². The molecule has 0 aromatic heterocycles. The van der Waals surface area contributed by atoms with Gasteiger partial charge in [-0.15, -0.1) is 0 Å². The monoisotopic (exact) mass is 280 g/mol. The van der Waals surface area contributed by atoms with Crippen LogP contribution in [0.3, 0.4) is 0 Å². The molecule has 1 N–H and O–H groups in total. The molecule has 0 aromatic rings. The minimum atomic E-state index is 0.459. The molecule has 1 saturated heterocycles. The summed E-state index contributed by atoms with van der Waals surface area (Å²) in [4.78, 5) is 2.64. The summed E-state index contributed by atoms with van der Waals surface area (Å²) >= 11 is 0. The van der Waals surface area contributed by atoms with Gasteiger partial charge in [0.15, 0.2) is 0 Å². The fourth-order valence-electron chi connectivity index (χ4n) is 4.31.